The second-order valence-electron chi connectivity index (χ2n) is 8.99. The monoisotopic (exact) mass is 573 g/mol. The van der Waals surface area contributed by atoms with Gasteiger partial charge in [-0.25, -0.2) is 18.0 Å². The van der Waals surface area contributed by atoms with E-state index in [2.05, 4.69) is 0 Å². The molecular weight excluding hydrogens is 546 g/mol. The summed E-state index contributed by atoms with van der Waals surface area (Å²) in [6.45, 7) is 0.466. The zero-order chi connectivity index (χ0) is 29.0. The summed E-state index contributed by atoms with van der Waals surface area (Å²) in [4.78, 5) is 50.2. The maximum absolute atomic E-state index is 13.1. The summed E-state index contributed by atoms with van der Waals surface area (Å²) >= 11 is 0. The van der Waals surface area contributed by atoms with E-state index in [1.807, 2.05) is 0 Å². The highest BCUT2D eigenvalue weighted by molar-refractivity contribution is 7.92. The minimum atomic E-state index is -3.91. The van der Waals surface area contributed by atoms with Gasteiger partial charge in [0.15, 0.2) is 21.3 Å². The number of fused-ring (bicyclic) bond motifs is 1. The lowest BCUT2D eigenvalue weighted by Crippen LogP contribution is -2.70. The molecule has 0 saturated carbocycles. The van der Waals surface area contributed by atoms with E-state index >= 15 is 0 Å². The van der Waals surface area contributed by atoms with Gasteiger partial charge in [-0.1, -0.05) is 24.3 Å². The Morgan fingerprint density at radius 2 is 1.43 bits per heavy atom. The fourth-order valence-corrected chi connectivity index (χ4v) is 6.27. The van der Waals surface area contributed by atoms with Crippen molar-refractivity contribution in [1.82, 2.24) is 4.90 Å². The molecule has 2 aromatic rings. The summed E-state index contributed by atoms with van der Waals surface area (Å²) < 4.78 is 51.2. The van der Waals surface area contributed by atoms with E-state index in [0.717, 1.165) is 17.4 Å². The maximum atomic E-state index is 13.1. The summed E-state index contributed by atoms with van der Waals surface area (Å²) in [5.41, 5.74) is 1.22. The van der Waals surface area contributed by atoms with Crippen molar-refractivity contribution < 1.29 is 51.3 Å². The number of amides is 1. The van der Waals surface area contributed by atoms with Crippen LogP contribution in [0.15, 0.2) is 59.8 Å². The third-order valence-corrected chi connectivity index (χ3v) is 8.24. The Bertz CT molecular complexity index is 1450. The summed E-state index contributed by atoms with van der Waals surface area (Å²) in [6, 6.07) is 13.2. The second-order valence-corrected chi connectivity index (χ2v) is 11.1. The van der Waals surface area contributed by atoms with Gasteiger partial charge in [0.1, 0.15) is 31.3 Å². The molecule has 4 rings (SSSR count). The predicted molar refractivity (Wildman–Crippen MR) is 137 cm³/mol. The van der Waals surface area contributed by atoms with E-state index in [4.69, 9.17) is 23.7 Å². The molecule has 12 nitrogen and oxygen atoms in total. The van der Waals surface area contributed by atoms with Gasteiger partial charge in [0, 0.05) is 19.6 Å². The minimum Gasteiger partial charge on any atom is -0.497 e. The van der Waals surface area contributed by atoms with Crippen LogP contribution < -0.4 is 4.74 Å². The van der Waals surface area contributed by atoms with Crippen molar-refractivity contribution in [2.75, 3.05) is 26.6 Å². The lowest BCUT2D eigenvalue weighted by atomic mass is 10.1. The Labute approximate surface area is 230 Å². The average Bonchev–Trinajstić information content (AvgIpc) is 2.94. The minimum absolute atomic E-state index is 0.0723. The van der Waals surface area contributed by atoms with Gasteiger partial charge in [-0.3, -0.25) is 14.5 Å². The first-order valence-corrected chi connectivity index (χ1v) is 13.8. The highest BCUT2D eigenvalue weighted by Gasteiger charge is 2.60. The molecule has 13 heteroatoms. The Morgan fingerprint density at radius 3 is 1.98 bits per heavy atom. The number of hydrogen-bond donors (Lipinski definition) is 0. The molecule has 2 heterocycles. The van der Waals surface area contributed by atoms with Crippen molar-refractivity contribution in [1.29, 1.82) is 0 Å². The van der Waals surface area contributed by atoms with Gasteiger partial charge in [-0.05, 0) is 35.4 Å². The molecular formula is C27H27NO11S. The molecule has 0 spiro atoms. The molecule has 2 atom stereocenters. The molecule has 2 aromatic carbocycles. The van der Waals surface area contributed by atoms with E-state index < -0.39 is 57.5 Å². The first kappa shape index (κ1) is 28.8. The molecule has 2 aliphatic rings. The average molecular weight is 574 g/mol. The van der Waals surface area contributed by atoms with Crippen LogP contribution in [0.1, 0.15) is 28.4 Å². The summed E-state index contributed by atoms with van der Waals surface area (Å²) in [7, 11) is -1.16. The van der Waals surface area contributed by atoms with E-state index in [-0.39, 0.29) is 30.0 Å². The molecule has 1 unspecified atom stereocenters. The molecule has 212 valence electrons. The highest BCUT2D eigenvalue weighted by atomic mass is 32.2. The largest absolute Gasteiger partial charge is 0.497 e. The third kappa shape index (κ3) is 6.00. The molecule has 0 radical (unpaired) electrons. The Kier molecular flexibility index (Phi) is 8.55. The third-order valence-electron chi connectivity index (χ3n) is 6.30. The Morgan fingerprint density at radius 1 is 0.850 bits per heavy atom. The topological polar surface area (TPSA) is 152 Å². The van der Waals surface area contributed by atoms with Crippen molar-refractivity contribution in [3.63, 3.8) is 0 Å². The molecule has 2 aliphatic heterocycles. The Balaban J connectivity index is 1.42. The molecule has 0 aromatic heterocycles. The van der Waals surface area contributed by atoms with Crippen LogP contribution in [0.2, 0.25) is 0 Å². The van der Waals surface area contributed by atoms with Crippen LogP contribution in [0.3, 0.4) is 0 Å². The van der Waals surface area contributed by atoms with Crippen molar-refractivity contribution in [3.05, 3.63) is 76.5 Å². The molecule has 1 amide bonds. The van der Waals surface area contributed by atoms with Gasteiger partial charge in [-0.15, -0.1) is 0 Å². The van der Waals surface area contributed by atoms with E-state index in [9.17, 15) is 27.6 Å². The molecule has 0 N–H and O–H groups in total. The lowest BCUT2D eigenvalue weighted by molar-refractivity contribution is -0.164. The van der Waals surface area contributed by atoms with E-state index in [1.54, 1.807) is 43.5 Å². The van der Waals surface area contributed by atoms with Crippen molar-refractivity contribution in [3.8, 4) is 5.75 Å². The number of sulfone groups is 1. The standard InChI is InChI=1S/C27H27NO11S/c1-16(29)37-14-20-15-40(33,34)25-23(36-3)24(30)28(25)22(20)27(32)39-13-17-4-8-19(9-5-17)26(31)38-12-18-6-10-21(35-2)11-7-18/h4-11,23,25H,12-15H2,1-3H3/t23-,25?/m1/s1. The van der Waals surface area contributed by atoms with Gasteiger partial charge >= 0.3 is 17.9 Å². The number of benzene rings is 2. The lowest BCUT2D eigenvalue weighted by Gasteiger charge is -2.48. The SMILES string of the molecule is COc1ccc(COC(=O)c2ccc(COC(=O)C3=C(COC(C)=O)CS(=O)(=O)C4[C@H](OC)C(=O)N34)cc2)cc1. The molecule has 1 saturated heterocycles. The number of rotatable bonds is 10. The fourth-order valence-electron chi connectivity index (χ4n) is 4.26. The van der Waals surface area contributed by atoms with Crippen LogP contribution in [0.25, 0.3) is 0 Å². The second kappa shape index (κ2) is 11.9. The zero-order valence-electron chi connectivity index (χ0n) is 21.9. The number of β-lactam (4-membered cyclic amide) rings is 1. The number of esters is 3. The van der Waals surface area contributed by atoms with Crippen molar-refractivity contribution in [2.45, 2.75) is 31.6 Å². The first-order chi connectivity index (χ1) is 19.1. The van der Waals surface area contributed by atoms with Crippen LogP contribution in [0.4, 0.5) is 0 Å². The molecule has 1 fully saturated rings. The van der Waals surface area contributed by atoms with Crippen LogP contribution in [0.5, 0.6) is 5.75 Å². The van der Waals surface area contributed by atoms with Crippen LogP contribution in [-0.4, -0.2) is 75.2 Å². The quantitative estimate of drug-likeness (QED) is 0.231. The van der Waals surface area contributed by atoms with Gasteiger partial charge in [-0.2, -0.15) is 0 Å². The predicted octanol–water partition coefficient (Wildman–Crippen LogP) is 1.52. The zero-order valence-corrected chi connectivity index (χ0v) is 22.8. The summed E-state index contributed by atoms with van der Waals surface area (Å²) in [5, 5.41) is -1.38. The van der Waals surface area contributed by atoms with Crippen molar-refractivity contribution >= 4 is 33.7 Å². The first-order valence-electron chi connectivity index (χ1n) is 12.0. The van der Waals surface area contributed by atoms with Crippen LogP contribution >= 0.6 is 0 Å². The van der Waals surface area contributed by atoms with Crippen LogP contribution in [-0.2, 0) is 56.4 Å². The number of methoxy groups -OCH3 is 2. The van der Waals surface area contributed by atoms with E-state index in [0.29, 0.717) is 11.3 Å². The number of ether oxygens (including phenoxy) is 5. The summed E-state index contributed by atoms with van der Waals surface area (Å²) in [5.74, 6) is -2.84. The highest BCUT2D eigenvalue weighted by Crippen LogP contribution is 2.38. The molecule has 0 bridgehead atoms. The number of nitrogens with zero attached hydrogens (tertiary/aromatic N) is 1. The number of hydrogen-bond acceptors (Lipinski definition) is 11. The Hall–Kier alpha value is -4.23. The summed E-state index contributed by atoms with van der Waals surface area (Å²) in [6.07, 6.45) is -1.25. The van der Waals surface area contributed by atoms with Gasteiger partial charge < -0.3 is 23.7 Å². The maximum Gasteiger partial charge on any atom is 0.355 e. The number of carbonyl (C=O) groups excluding carboxylic acids is 4. The smallest absolute Gasteiger partial charge is 0.355 e. The van der Waals surface area contributed by atoms with Gasteiger partial charge in [0.05, 0.1) is 18.4 Å². The van der Waals surface area contributed by atoms with Gasteiger partial charge in [0.2, 0.25) is 0 Å². The normalized spacial score (nSPS) is 19.3. The van der Waals surface area contributed by atoms with Crippen LogP contribution in [0, 0.1) is 0 Å². The number of carbonyl (C=O) groups is 4. The van der Waals surface area contributed by atoms with Gasteiger partial charge in [0.25, 0.3) is 5.91 Å². The molecule has 0 aliphatic carbocycles. The van der Waals surface area contributed by atoms with E-state index in [1.165, 1.54) is 19.2 Å². The van der Waals surface area contributed by atoms with Crippen molar-refractivity contribution in [2.24, 2.45) is 0 Å². The molecule has 40 heavy (non-hydrogen) atoms. The fraction of sp³-hybridized carbons (Fsp3) is 0.333.